The largest absolute Gasteiger partial charge is 0.481 e. The first-order valence-electron chi connectivity index (χ1n) is 21.4. The number of aliphatic hydroxyl groups excluding tert-OH is 1. The van der Waals surface area contributed by atoms with Crippen LogP contribution < -0.4 is 5.32 Å². The molecule has 5 aliphatic carbocycles. The fraction of sp³-hybridized carbons (Fsp3) is 0.766. The summed E-state index contributed by atoms with van der Waals surface area (Å²) in [6.07, 6.45) is 7.18. The number of fused-ring (bicyclic) bond motifs is 7. The number of carboxylic acid groups (broad SMARTS) is 1. The summed E-state index contributed by atoms with van der Waals surface area (Å²) in [6, 6.07) is 10.5. The highest BCUT2D eigenvalue weighted by Gasteiger charge is 2.70. The number of ketones is 1. The first-order chi connectivity index (χ1) is 25.5. The number of nitrogens with one attached hydrogen (secondary N) is 1. The summed E-state index contributed by atoms with van der Waals surface area (Å²) in [5.41, 5.74) is 1.63. The van der Waals surface area contributed by atoms with E-state index in [1.807, 2.05) is 6.07 Å². The molecule has 0 unspecified atom stereocenters. The van der Waals surface area contributed by atoms with Crippen LogP contribution in [0.5, 0.6) is 0 Å². The van der Waals surface area contributed by atoms with Crippen molar-refractivity contribution < 1.29 is 29.3 Å². The van der Waals surface area contributed by atoms with Gasteiger partial charge in [0.25, 0.3) is 0 Å². The number of Topliss-reactive ketones (excluding diaryl/α,β-unsaturated/α-hetero) is 1. The van der Waals surface area contributed by atoms with Crippen molar-refractivity contribution in [1.29, 1.82) is 0 Å². The molecular formula is C47H72N2O6. The van der Waals surface area contributed by atoms with Gasteiger partial charge in [-0.2, -0.15) is 0 Å². The molecule has 0 heterocycles. The van der Waals surface area contributed by atoms with Gasteiger partial charge in [0.05, 0.1) is 17.9 Å². The minimum absolute atomic E-state index is 0.0198. The second-order valence-electron chi connectivity index (χ2n) is 21.2. The summed E-state index contributed by atoms with van der Waals surface area (Å²) in [5.74, 6) is 0.0404. The van der Waals surface area contributed by atoms with Gasteiger partial charge in [0.15, 0.2) is 5.78 Å². The lowest BCUT2D eigenvalue weighted by Gasteiger charge is -2.72. The van der Waals surface area contributed by atoms with Crippen molar-refractivity contribution in [2.24, 2.45) is 56.2 Å². The fourth-order valence-electron chi connectivity index (χ4n) is 13.7. The molecule has 4 saturated carbocycles. The molecule has 8 nitrogen and oxygen atoms in total. The Morgan fingerprint density at radius 1 is 0.927 bits per heavy atom. The Labute approximate surface area is 331 Å². The third kappa shape index (κ3) is 6.86. The number of allylic oxidation sites excluding steroid dienone is 1. The monoisotopic (exact) mass is 761 g/mol. The van der Waals surface area contributed by atoms with E-state index in [-0.39, 0.29) is 57.8 Å². The molecule has 1 aromatic rings. The van der Waals surface area contributed by atoms with Gasteiger partial charge < -0.3 is 25.2 Å². The van der Waals surface area contributed by atoms with Crippen LogP contribution in [-0.4, -0.2) is 72.2 Å². The molecule has 55 heavy (non-hydrogen) atoms. The first kappa shape index (κ1) is 42.1. The quantitative estimate of drug-likeness (QED) is 0.182. The molecular weight excluding hydrogens is 689 g/mol. The van der Waals surface area contributed by atoms with Crippen molar-refractivity contribution in [2.75, 3.05) is 27.2 Å². The fourth-order valence-corrected chi connectivity index (χ4v) is 13.7. The van der Waals surface area contributed by atoms with Gasteiger partial charge in [-0.1, -0.05) is 84.4 Å². The van der Waals surface area contributed by atoms with Crippen molar-refractivity contribution in [3.05, 3.63) is 47.0 Å². The third-order valence-electron chi connectivity index (χ3n) is 16.8. The maximum atomic E-state index is 14.2. The zero-order valence-electron chi connectivity index (χ0n) is 35.9. The minimum Gasteiger partial charge on any atom is -0.481 e. The zero-order chi connectivity index (χ0) is 40.5. The number of esters is 1. The van der Waals surface area contributed by atoms with Crippen LogP contribution in [0.4, 0.5) is 0 Å². The number of benzene rings is 1. The van der Waals surface area contributed by atoms with E-state index in [1.54, 1.807) is 13.8 Å². The van der Waals surface area contributed by atoms with Crippen LogP contribution in [0.25, 0.3) is 0 Å². The maximum Gasteiger partial charge on any atom is 0.309 e. The van der Waals surface area contributed by atoms with Gasteiger partial charge in [-0.25, -0.2) is 0 Å². The van der Waals surface area contributed by atoms with Gasteiger partial charge in [-0.05, 0) is 130 Å². The number of ether oxygens (including phenoxy) is 1. The molecule has 3 N–H and O–H groups in total. The van der Waals surface area contributed by atoms with E-state index in [4.69, 9.17) is 4.74 Å². The molecule has 6 rings (SSSR count). The van der Waals surface area contributed by atoms with Crippen LogP contribution in [0.3, 0.4) is 0 Å². The highest BCUT2D eigenvalue weighted by molar-refractivity contribution is 6.00. The summed E-state index contributed by atoms with van der Waals surface area (Å²) in [4.78, 5) is 41.3. The Morgan fingerprint density at radius 2 is 1.60 bits per heavy atom. The topological polar surface area (TPSA) is 116 Å². The highest BCUT2D eigenvalue weighted by atomic mass is 16.5. The lowest BCUT2D eigenvalue weighted by molar-refractivity contribution is -0.235. The smallest absolute Gasteiger partial charge is 0.309 e. The summed E-state index contributed by atoms with van der Waals surface area (Å²) in [7, 11) is 4.16. The summed E-state index contributed by atoms with van der Waals surface area (Å²) < 4.78 is 6.19. The molecule has 0 amide bonds. The SMILES string of the molecule is CC(C)C1=C2[C@H]3CC[C@@H]4[C@@]5(C)CC[C@H](OC(=O)CC(C)(C)C(=O)O)C(C)(C)[C@@H]5CC[C@@]4(C)[C@]3(C)CC[C@@]2([C@@H](O)CN[C@H](CN(C)C)c2ccccc2)CC1=O. The number of carboxylic acids is 1. The summed E-state index contributed by atoms with van der Waals surface area (Å²) in [5, 5.41) is 25.8. The van der Waals surface area contributed by atoms with E-state index in [0.29, 0.717) is 24.8 Å². The zero-order valence-corrected chi connectivity index (χ0v) is 35.9. The van der Waals surface area contributed by atoms with Crippen LogP contribution in [0.2, 0.25) is 0 Å². The number of rotatable bonds is 12. The number of carbonyl (C=O) groups is 3. The Kier molecular flexibility index (Phi) is 11.2. The van der Waals surface area contributed by atoms with Gasteiger partial charge in [0.2, 0.25) is 0 Å². The number of likely N-dealkylation sites (N-methyl/N-ethyl adjacent to an activating group) is 1. The Bertz CT molecular complexity index is 1670. The van der Waals surface area contributed by atoms with E-state index in [1.165, 1.54) is 11.1 Å². The number of aliphatic hydroxyl groups is 1. The van der Waals surface area contributed by atoms with E-state index in [2.05, 4.69) is 97.0 Å². The second-order valence-corrected chi connectivity index (χ2v) is 21.2. The van der Waals surface area contributed by atoms with Gasteiger partial charge in [0.1, 0.15) is 6.10 Å². The van der Waals surface area contributed by atoms with Gasteiger partial charge >= 0.3 is 11.9 Å². The van der Waals surface area contributed by atoms with Crippen molar-refractivity contribution >= 4 is 17.7 Å². The van der Waals surface area contributed by atoms with Crippen LogP contribution in [0.1, 0.15) is 138 Å². The number of nitrogens with zero attached hydrogens (tertiary/aromatic N) is 1. The highest BCUT2D eigenvalue weighted by Crippen LogP contribution is 2.77. The van der Waals surface area contributed by atoms with Crippen molar-refractivity contribution in [1.82, 2.24) is 10.2 Å². The molecule has 5 aliphatic rings. The maximum absolute atomic E-state index is 14.2. The normalized spacial score (nSPS) is 36.8. The molecule has 10 atom stereocenters. The average molecular weight is 761 g/mol. The van der Waals surface area contributed by atoms with Crippen LogP contribution in [0, 0.1) is 56.2 Å². The van der Waals surface area contributed by atoms with Crippen molar-refractivity contribution in [3.63, 3.8) is 0 Å². The number of carbonyl (C=O) groups excluding carboxylic acids is 2. The molecule has 0 aliphatic heterocycles. The molecule has 1 aromatic carbocycles. The predicted molar refractivity (Wildman–Crippen MR) is 217 cm³/mol. The number of hydrogen-bond donors (Lipinski definition) is 3. The Hall–Kier alpha value is -2.55. The minimum atomic E-state index is -1.17. The van der Waals surface area contributed by atoms with E-state index < -0.39 is 28.9 Å². The number of hydrogen-bond acceptors (Lipinski definition) is 7. The van der Waals surface area contributed by atoms with Gasteiger partial charge in [-0.15, -0.1) is 0 Å². The molecule has 0 aromatic heterocycles. The molecule has 306 valence electrons. The lowest BCUT2D eigenvalue weighted by Crippen LogP contribution is -2.66. The van der Waals surface area contributed by atoms with Gasteiger partial charge in [-0.3, -0.25) is 14.4 Å². The summed E-state index contributed by atoms with van der Waals surface area (Å²) in [6.45, 7) is 21.0. The molecule has 0 radical (unpaired) electrons. The molecule has 0 bridgehead atoms. The standard InChI is InChI=1S/C47H72N2O6/c1-29(2)39-33(50)25-47(36(51)27-48-32(28-49(10)11)30-15-13-12-14-16-30)24-23-45(8)31(40(39)47)17-18-35-44(7)21-20-37(55-38(52)26-42(3,4)41(53)54)43(5,6)34(44)19-22-46(35,45)9/h12-16,29,31-32,34-37,48,51H,17-28H2,1-11H3,(H,53,54)/t31-,32-,34+,35-,36+,37+,44+,45-,46-,47+/m1/s1. The van der Waals surface area contributed by atoms with Crippen LogP contribution in [-0.2, 0) is 19.1 Å². The Balaban J connectivity index is 1.27. The Morgan fingerprint density at radius 3 is 2.22 bits per heavy atom. The lowest BCUT2D eigenvalue weighted by atomic mass is 9.33. The molecule has 4 fully saturated rings. The van der Waals surface area contributed by atoms with E-state index in [0.717, 1.165) is 63.5 Å². The van der Waals surface area contributed by atoms with Crippen molar-refractivity contribution in [3.8, 4) is 0 Å². The number of aliphatic carboxylic acids is 1. The predicted octanol–water partition coefficient (Wildman–Crippen LogP) is 8.63. The van der Waals surface area contributed by atoms with Crippen LogP contribution in [0.15, 0.2) is 41.5 Å². The average Bonchev–Trinajstić information content (AvgIpc) is 3.41. The van der Waals surface area contributed by atoms with Crippen molar-refractivity contribution in [2.45, 2.75) is 145 Å². The second kappa shape index (κ2) is 14.7. The molecule has 0 saturated heterocycles. The molecule has 8 heteroatoms. The van der Waals surface area contributed by atoms with E-state index in [9.17, 15) is 24.6 Å². The molecule has 0 spiro atoms. The summed E-state index contributed by atoms with van der Waals surface area (Å²) >= 11 is 0. The van der Waals surface area contributed by atoms with E-state index >= 15 is 0 Å². The third-order valence-corrected chi connectivity index (χ3v) is 16.8. The first-order valence-corrected chi connectivity index (χ1v) is 21.4. The van der Waals surface area contributed by atoms with Crippen LogP contribution >= 0.6 is 0 Å². The van der Waals surface area contributed by atoms with Gasteiger partial charge in [0, 0.05) is 36.4 Å².